The van der Waals surface area contributed by atoms with Crippen LogP contribution in [-0.2, 0) is 10.9 Å². The van der Waals surface area contributed by atoms with Crippen LogP contribution in [0.4, 0.5) is 13.2 Å². The molecule has 1 aliphatic rings. The van der Waals surface area contributed by atoms with E-state index in [0.717, 1.165) is 43.4 Å². The molecule has 0 amide bonds. The molecule has 8 heteroatoms. The lowest BCUT2D eigenvalue weighted by molar-refractivity contribution is -0.137. The maximum absolute atomic E-state index is 13.0. The van der Waals surface area contributed by atoms with Crippen molar-refractivity contribution < 1.29 is 23.0 Å². The van der Waals surface area contributed by atoms with Crippen molar-refractivity contribution in [2.75, 3.05) is 13.2 Å². The molecule has 0 unspecified atom stereocenters. The molecule has 1 N–H and O–H groups in total. The summed E-state index contributed by atoms with van der Waals surface area (Å²) in [6.45, 7) is 2.98. The van der Waals surface area contributed by atoms with Crippen molar-refractivity contribution in [2.45, 2.75) is 38.4 Å². The Labute approximate surface area is 159 Å². The smallest absolute Gasteiger partial charge is 0.416 e. The van der Waals surface area contributed by atoms with Crippen molar-refractivity contribution in [1.82, 2.24) is 14.8 Å². The molecular formula is C20H20F3N3O2. The zero-order chi connectivity index (χ0) is 19.9. The minimum absolute atomic E-state index is 0.237. The van der Waals surface area contributed by atoms with E-state index in [-0.39, 0.29) is 11.6 Å². The van der Waals surface area contributed by atoms with E-state index in [1.54, 1.807) is 6.07 Å². The Hall–Kier alpha value is -2.61. The van der Waals surface area contributed by atoms with Crippen LogP contribution < -0.4 is 0 Å². The van der Waals surface area contributed by atoms with Gasteiger partial charge in [0.15, 0.2) is 5.65 Å². The van der Waals surface area contributed by atoms with Crippen LogP contribution in [0.15, 0.2) is 30.5 Å². The van der Waals surface area contributed by atoms with Crippen molar-refractivity contribution in [3.8, 4) is 17.0 Å². The number of ether oxygens (including phenoxy) is 1. The summed E-state index contributed by atoms with van der Waals surface area (Å²) in [5, 5.41) is 15.6. The van der Waals surface area contributed by atoms with E-state index < -0.39 is 17.5 Å². The molecule has 0 radical (unpaired) electrons. The van der Waals surface area contributed by atoms with Gasteiger partial charge in [-0.05, 0) is 56.0 Å². The Morgan fingerprint density at radius 3 is 2.75 bits per heavy atom. The van der Waals surface area contributed by atoms with Crippen molar-refractivity contribution in [2.24, 2.45) is 0 Å². The van der Waals surface area contributed by atoms with Crippen LogP contribution in [0, 0.1) is 6.92 Å². The maximum Gasteiger partial charge on any atom is 0.416 e. The topological polar surface area (TPSA) is 60.2 Å². The number of hydrogen-bond donors (Lipinski definition) is 1. The number of fused-ring (bicyclic) bond motifs is 1. The monoisotopic (exact) mass is 391 g/mol. The van der Waals surface area contributed by atoms with Crippen LogP contribution in [0.3, 0.4) is 0 Å². The third-order valence-corrected chi connectivity index (χ3v) is 5.08. The third-order valence-electron chi connectivity index (χ3n) is 5.08. The van der Waals surface area contributed by atoms with Gasteiger partial charge in [-0.3, -0.25) is 4.68 Å². The Kier molecular flexibility index (Phi) is 4.74. The molecule has 1 atom stereocenters. The summed E-state index contributed by atoms with van der Waals surface area (Å²) < 4.78 is 46.2. The zero-order valence-corrected chi connectivity index (χ0v) is 15.3. The number of phenolic OH excluding ortho intramolecular Hbond substituents is 1. The number of hydrogen-bond acceptors (Lipinski definition) is 4. The molecule has 28 heavy (non-hydrogen) atoms. The highest BCUT2D eigenvalue weighted by Crippen LogP contribution is 2.38. The zero-order valence-electron chi connectivity index (χ0n) is 15.3. The predicted molar refractivity (Wildman–Crippen MR) is 98.1 cm³/mol. The summed E-state index contributed by atoms with van der Waals surface area (Å²) in [7, 11) is 0. The highest BCUT2D eigenvalue weighted by atomic mass is 19.4. The molecule has 0 bridgehead atoms. The van der Waals surface area contributed by atoms with E-state index in [4.69, 9.17) is 4.74 Å². The molecule has 0 spiro atoms. The summed E-state index contributed by atoms with van der Waals surface area (Å²) in [5.41, 5.74) is 0.603. The molecule has 1 fully saturated rings. The number of rotatable bonds is 2. The van der Waals surface area contributed by atoms with Gasteiger partial charge in [-0.15, -0.1) is 0 Å². The fourth-order valence-electron chi connectivity index (χ4n) is 3.66. The number of halogens is 3. The maximum atomic E-state index is 13.0. The predicted octanol–water partition coefficient (Wildman–Crippen LogP) is 4.87. The Morgan fingerprint density at radius 2 is 2.00 bits per heavy atom. The molecule has 0 aliphatic carbocycles. The van der Waals surface area contributed by atoms with Crippen LogP contribution in [-0.4, -0.2) is 33.1 Å². The second kappa shape index (κ2) is 7.09. The van der Waals surface area contributed by atoms with Crippen LogP contribution in [0.2, 0.25) is 0 Å². The van der Waals surface area contributed by atoms with Gasteiger partial charge in [-0.2, -0.15) is 18.3 Å². The molecule has 1 aromatic carbocycles. The average molecular weight is 391 g/mol. The first-order valence-electron chi connectivity index (χ1n) is 9.18. The first-order chi connectivity index (χ1) is 13.3. The fraction of sp³-hybridized carbons (Fsp3) is 0.400. The first-order valence-corrected chi connectivity index (χ1v) is 9.18. The molecule has 2 aromatic heterocycles. The molecule has 148 valence electrons. The summed E-state index contributed by atoms with van der Waals surface area (Å²) in [6, 6.07) is 5.51. The number of aromatic hydroxyl groups is 1. The molecule has 3 aromatic rings. The lowest BCUT2D eigenvalue weighted by atomic mass is 10.00. The Morgan fingerprint density at radius 1 is 1.18 bits per heavy atom. The SMILES string of the molecule is Cc1cc(C(F)(F)F)cc(O)c1-c1ccc2cn([C@@H]3CCCOCC3)nc2n1. The summed E-state index contributed by atoms with van der Waals surface area (Å²) in [4.78, 5) is 4.49. The van der Waals surface area contributed by atoms with Gasteiger partial charge in [0.25, 0.3) is 0 Å². The van der Waals surface area contributed by atoms with Gasteiger partial charge in [0.2, 0.25) is 0 Å². The highest BCUT2D eigenvalue weighted by Gasteiger charge is 2.32. The van der Waals surface area contributed by atoms with E-state index in [1.165, 1.54) is 6.92 Å². The lowest BCUT2D eigenvalue weighted by Crippen LogP contribution is -2.09. The fourth-order valence-corrected chi connectivity index (χ4v) is 3.66. The van der Waals surface area contributed by atoms with Crippen LogP contribution in [0.5, 0.6) is 5.75 Å². The van der Waals surface area contributed by atoms with E-state index in [0.29, 0.717) is 23.5 Å². The minimum Gasteiger partial charge on any atom is -0.507 e. The highest BCUT2D eigenvalue weighted by molar-refractivity contribution is 5.80. The van der Waals surface area contributed by atoms with Gasteiger partial charge in [0, 0.05) is 30.4 Å². The normalized spacial score (nSPS) is 18.4. The van der Waals surface area contributed by atoms with E-state index in [2.05, 4.69) is 10.1 Å². The summed E-state index contributed by atoms with van der Waals surface area (Å²) >= 11 is 0. The largest absolute Gasteiger partial charge is 0.507 e. The molecule has 0 saturated carbocycles. The number of pyridine rings is 1. The van der Waals surface area contributed by atoms with Crippen LogP contribution >= 0.6 is 0 Å². The Balaban J connectivity index is 1.72. The molecule has 3 heterocycles. The average Bonchev–Trinajstić information content (AvgIpc) is 2.85. The molecular weight excluding hydrogens is 371 g/mol. The number of phenols is 1. The first kappa shape index (κ1) is 18.7. The summed E-state index contributed by atoms with van der Waals surface area (Å²) in [6.07, 6.45) is 0.235. The number of aromatic nitrogens is 3. The Bertz CT molecular complexity index is 983. The standard InChI is InChI=1S/C20H20F3N3O2/c1-12-9-14(20(21,22)23)10-17(27)18(12)16-5-4-13-11-26(25-19(13)24-16)15-3-2-7-28-8-6-15/h4-5,9-11,15,27H,2-3,6-8H2,1H3/t15-/m1/s1. The second-order valence-electron chi connectivity index (χ2n) is 7.10. The minimum atomic E-state index is -4.51. The van der Waals surface area contributed by atoms with Gasteiger partial charge in [0.1, 0.15) is 5.75 Å². The van der Waals surface area contributed by atoms with Gasteiger partial charge in [-0.25, -0.2) is 4.98 Å². The third kappa shape index (κ3) is 3.56. The lowest BCUT2D eigenvalue weighted by Gasteiger charge is -2.13. The van der Waals surface area contributed by atoms with Crippen molar-refractivity contribution >= 4 is 11.0 Å². The van der Waals surface area contributed by atoms with Gasteiger partial charge in [0.05, 0.1) is 17.3 Å². The van der Waals surface area contributed by atoms with E-state index >= 15 is 0 Å². The van der Waals surface area contributed by atoms with Crippen molar-refractivity contribution in [1.29, 1.82) is 0 Å². The number of benzene rings is 1. The second-order valence-corrected chi connectivity index (χ2v) is 7.10. The van der Waals surface area contributed by atoms with Gasteiger partial charge in [-0.1, -0.05) is 0 Å². The van der Waals surface area contributed by atoms with Gasteiger partial charge < -0.3 is 9.84 Å². The number of aryl methyl sites for hydroxylation is 1. The molecule has 4 rings (SSSR count). The number of nitrogens with zero attached hydrogens (tertiary/aromatic N) is 3. The molecule has 5 nitrogen and oxygen atoms in total. The quantitative estimate of drug-likeness (QED) is 0.677. The van der Waals surface area contributed by atoms with E-state index in [1.807, 2.05) is 16.9 Å². The molecule has 1 saturated heterocycles. The van der Waals surface area contributed by atoms with Crippen molar-refractivity contribution in [3.63, 3.8) is 0 Å². The molecule has 1 aliphatic heterocycles. The van der Waals surface area contributed by atoms with Gasteiger partial charge >= 0.3 is 6.18 Å². The van der Waals surface area contributed by atoms with Crippen LogP contribution in [0.25, 0.3) is 22.3 Å². The number of alkyl halides is 3. The van der Waals surface area contributed by atoms with Crippen molar-refractivity contribution in [3.05, 3.63) is 41.6 Å². The summed E-state index contributed by atoms with van der Waals surface area (Å²) in [5.74, 6) is -0.445. The van der Waals surface area contributed by atoms with E-state index in [9.17, 15) is 18.3 Å². The van der Waals surface area contributed by atoms with Crippen LogP contribution in [0.1, 0.15) is 36.4 Å².